The van der Waals surface area contributed by atoms with Gasteiger partial charge < -0.3 is 9.67 Å². The third-order valence-corrected chi connectivity index (χ3v) is 6.30. The van der Waals surface area contributed by atoms with E-state index in [1.165, 1.54) is 22.2 Å². The molecular weight excluding hydrogens is 380 g/mol. The van der Waals surface area contributed by atoms with Crippen molar-refractivity contribution in [2.45, 2.75) is 46.1 Å². The Morgan fingerprint density at radius 2 is 1.68 bits per heavy atom. The zero-order valence-electron chi connectivity index (χ0n) is 18.2. The number of aryl methyl sites for hydroxylation is 3. The van der Waals surface area contributed by atoms with Crippen LogP contribution in [0.15, 0.2) is 72.5 Å². The lowest BCUT2D eigenvalue weighted by Crippen LogP contribution is -2.06. The first-order valence-corrected chi connectivity index (χ1v) is 11.2. The maximum absolute atomic E-state index is 10.6. The highest BCUT2D eigenvalue weighted by Crippen LogP contribution is 2.35. The van der Waals surface area contributed by atoms with E-state index in [0.29, 0.717) is 5.76 Å². The van der Waals surface area contributed by atoms with Gasteiger partial charge in [-0.05, 0) is 66.1 Å². The van der Waals surface area contributed by atoms with Crippen molar-refractivity contribution in [2.75, 3.05) is 0 Å². The summed E-state index contributed by atoms with van der Waals surface area (Å²) in [5.74, 6) is 1.53. The van der Waals surface area contributed by atoms with Crippen molar-refractivity contribution in [2.24, 2.45) is 0 Å². The monoisotopic (exact) mass is 408 g/mol. The van der Waals surface area contributed by atoms with Crippen molar-refractivity contribution in [1.82, 2.24) is 9.55 Å². The number of para-hydroxylation sites is 2. The normalized spacial score (nSPS) is 14.8. The maximum Gasteiger partial charge on any atom is 0.110 e. The number of imidazole rings is 1. The topological polar surface area (TPSA) is 38.0 Å². The predicted molar refractivity (Wildman–Crippen MR) is 127 cm³/mol. The van der Waals surface area contributed by atoms with Gasteiger partial charge in [0.15, 0.2) is 0 Å². The lowest BCUT2D eigenvalue weighted by atomic mass is 9.92. The van der Waals surface area contributed by atoms with Gasteiger partial charge in [-0.15, -0.1) is 0 Å². The molecule has 0 atom stereocenters. The van der Waals surface area contributed by atoms with Crippen LogP contribution in [0.1, 0.15) is 53.9 Å². The van der Waals surface area contributed by atoms with Crippen LogP contribution >= 0.6 is 0 Å². The summed E-state index contributed by atoms with van der Waals surface area (Å²) in [4.78, 5) is 4.89. The fourth-order valence-electron chi connectivity index (χ4n) is 4.88. The molecule has 1 N–H and O–H groups in total. The SMILES string of the molecule is CCCc1nc2ccccc2n1Cc1ccc2c(c1)CCc1ccccc1C2=C(C)O. The van der Waals surface area contributed by atoms with E-state index in [9.17, 15) is 5.11 Å². The smallest absolute Gasteiger partial charge is 0.110 e. The van der Waals surface area contributed by atoms with Gasteiger partial charge in [0, 0.05) is 18.5 Å². The maximum atomic E-state index is 10.6. The zero-order valence-corrected chi connectivity index (χ0v) is 18.2. The van der Waals surface area contributed by atoms with E-state index in [1.54, 1.807) is 6.92 Å². The van der Waals surface area contributed by atoms with Crippen LogP contribution in [0, 0.1) is 0 Å². The Hall–Kier alpha value is -3.33. The molecule has 0 saturated heterocycles. The molecule has 0 fully saturated rings. The van der Waals surface area contributed by atoms with E-state index in [-0.39, 0.29) is 0 Å². The molecule has 3 nitrogen and oxygen atoms in total. The van der Waals surface area contributed by atoms with E-state index < -0.39 is 0 Å². The van der Waals surface area contributed by atoms with Crippen molar-refractivity contribution in [3.05, 3.63) is 106 Å². The number of fused-ring (bicyclic) bond motifs is 3. The summed E-state index contributed by atoms with van der Waals surface area (Å²) in [6, 6.07) is 23.6. The first-order chi connectivity index (χ1) is 15.2. The average molecular weight is 409 g/mol. The molecular formula is C28H28N2O. The predicted octanol–water partition coefficient (Wildman–Crippen LogP) is 6.47. The third kappa shape index (κ3) is 3.54. The summed E-state index contributed by atoms with van der Waals surface area (Å²) in [6.45, 7) is 4.81. The lowest BCUT2D eigenvalue weighted by molar-refractivity contribution is 0.417. The fraction of sp³-hybridized carbons (Fsp3) is 0.250. The van der Waals surface area contributed by atoms with Crippen molar-refractivity contribution >= 4 is 16.6 Å². The van der Waals surface area contributed by atoms with Gasteiger partial charge in [0.2, 0.25) is 0 Å². The number of aromatic nitrogens is 2. The minimum Gasteiger partial charge on any atom is -0.512 e. The molecule has 156 valence electrons. The van der Waals surface area contributed by atoms with Crippen LogP contribution in [0.25, 0.3) is 16.6 Å². The standard InChI is InChI=1S/C28H28N2O/c1-3-8-27-29-25-11-6-7-12-26(25)30(27)18-20-13-16-24-22(17-20)15-14-21-9-4-5-10-23(21)28(24)19(2)31/h4-7,9-13,16-17,31H,3,8,14-15,18H2,1-2H3. The van der Waals surface area contributed by atoms with Crippen LogP contribution in [-0.4, -0.2) is 14.7 Å². The van der Waals surface area contributed by atoms with Crippen LogP contribution in [-0.2, 0) is 25.8 Å². The molecule has 3 aromatic carbocycles. The number of aliphatic hydroxyl groups excluding tert-OH is 1. The van der Waals surface area contributed by atoms with Gasteiger partial charge in [-0.25, -0.2) is 4.98 Å². The van der Waals surface area contributed by atoms with Gasteiger partial charge in [-0.2, -0.15) is 0 Å². The number of hydrogen-bond acceptors (Lipinski definition) is 2. The van der Waals surface area contributed by atoms with Gasteiger partial charge >= 0.3 is 0 Å². The van der Waals surface area contributed by atoms with Crippen LogP contribution in [0.3, 0.4) is 0 Å². The van der Waals surface area contributed by atoms with Crippen LogP contribution in [0.5, 0.6) is 0 Å². The van der Waals surface area contributed by atoms with Gasteiger partial charge in [-0.3, -0.25) is 0 Å². The molecule has 1 aliphatic rings. The number of benzene rings is 3. The molecule has 0 amide bonds. The minimum absolute atomic E-state index is 0.384. The van der Waals surface area contributed by atoms with Crippen LogP contribution < -0.4 is 0 Å². The minimum atomic E-state index is 0.384. The number of allylic oxidation sites excluding steroid dienone is 1. The van der Waals surface area contributed by atoms with Crippen molar-refractivity contribution < 1.29 is 5.11 Å². The fourth-order valence-corrected chi connectivity index (χ4v) is 4.88. The van der Waals surface area contributed by atoms with Crippen molar-refractivity contribution in [3.8, 4) is 0 Å². The molecule has 5 rings (SSSR count). The number of rotatable bonds is 4. The van der Waals surface area contributed by atoms with E-state index in [4.69, 9.17) is 4.98 Å². The molecule has 0 unspecified atom stereocenters. The second kappa shape index (κ2) is 8.07. The summed E-state index contributed by atoms with van der Waals surface area (Å²) < 4.78 is 2.36. The Morgan fingerprint density at radius 1 is 0.935 bits per heavy atom. The van der Waals surface area contributed by atoms with Crippen LogP contribution in [0.4, 0.5) is 0 Å². The van der Waals surface area contributed by atoms with Gasteiger partial charge in [0.25, 0.3) is 0 Å². The second-order valence-corrected chi connectivity index (χ2v) is 8.46. The molecule has 0 spiro atoms. The van der Waals surface area contributed by atoms with Crippen molar-refractivity contribution in [1.29, 1.82) is 0 Å². The molecule has 1 aliphatic carbocycles. The first kappa shape index (κ1) is 19.6. The molecule has 0 radical (unpaired) electrons. The quantitative estimate of drug-likeness (QED) is 0.393. The Morgan fingerprint density at radius 3 is 2.52 bits per heavy atom. The largest absolute Gasteiger partial charge is 0.512 e. The first-order valence-electron chi connectivity index (χ1n) is 11.2. The molecule has 3 heteroatoms. The highest BCUT2D eigenvalue weighted by atomic mass is 16.3. The molecule has 4 aromatic rings. The summed E-state index contributed by atoms with van der Waals surface area (Å²) in [6.07, 6.45) is 4.02. The molecule has 31 heavy (non-hydrogen) atoms. The second-order valence-electron chi connectivity index (χ2n) is 8.46. The Kier molecular flexibility index (Phi) is 5.11. The molecule has 0 saturated carbocycles. The Bertz CT molecular complexity index is 1290. The van der Waals surface area contributed by atoms with Crippen LogP contribution in [0.2, 0.25) is 0 Å². The van der Waals surface area contributed by atoms with Gasteiger partial charge in [-0.1, -0.05) is 61.5 Å². The number of aliphatic hydroxyl groups is 1. The summed E-state index contributed by atoms with van der Waals surface area (Å²) >= 11 is 0. The van der Waals surface area contributed by atoms with Gasteiger partial charge in [0.1, 0.15) is 5.82 Å². The van der Waals surface area contributed by atoms with E-state index in [2.05, 4.69) is 78.2 Å². The van der Waals surface area contributed by atoms with Crippen molar-refractivity contribution in [3.63, 3.8) is 0 Å². The number of nitrogens with zero attached hydrogens (tertiary/aromatic N) is 2. The Labute approximate surface area is 183 Å². The summed E-state index contributed by atoms with van der Waals surface area (Å²) in [7, 11) is 0. The average Bonchev–Trinajstić information content (AvgIpc) is 3.01. The van der Waals surface area contributed by atoms with E-state index in [1.807, 2.05) is 0 Å². The summed E-state index contributed by atoms with van der Waals surface area (Å²) in [5, 5.41) is 10.6. The summed E-state index contributed by atoms with van der Waals surface area (Å²) in [5.41, 5.74) is 9.41. The van der Waals surface area contributed by atoms with E-state index >= 15 is 0 Å². The van der Waals surface area contributed by atoms with Gasteiger partial charge in [0.05, 0.1) is 16.8 Å². The third-order valence-electron chi connectivity index (χ3n) is 6.30. The zero-order chi connectivity index (χ0) is 21.4. The highest BCUT2D eigenvalue weighted by molar-refractivity contribution is 5.85. The Balaban J connectivity index is 1.58. The molecule has 0 bridgehead atoms. The lowest BCUT2D eigenvalue weighted by Gasteiger charge is -2.15. The molecule has 1 aromatic heterocycles. The van der Waals surface area contributed by atoms with E-state index in [0.717, 1.165) is 60.3 Å². The number of hydrogen-bond donors (Lipinski definition) is 1. The highest BCUT2D eigenvalue weighted by Gasteiger charge is 2.20. The molecule has 1 heterocycles. The molecule has 0 aliphatic heterocycles.